The normalized spacial score (nSPS) is 20.9. The Balaban J connectivity index is 2.03. The van der Waals surface area contributed by atoms with Crippen molar-refractivity contribution in [2.45, 2.75) is 12.8 Å². The summed E-state index contributed by atoms with van der Waals surface area (Å²) >= 11 is 0. The van der Waals surface area contributed by atoms with Gasteiger partial charge in [-0.1, -0.05) is 12.1 Å². The predicted molar refractivity (Wildman–Crippen MR) is 52.9 cm³/mol. The van der Waals surface area contributed by atoms with Crippen LogP contribution in [0.1, 0.15) is 12.0 Å². The maximum atomic E-state index is 11.3. The highest BCUT2D eigenvalue weighted by atomic mass is 16.3. The number of amides is 1. The summed E-state index contributed by atoms with van der Waals surface area (Å²) in [5.41, 5.74) is 1.10. The first-order chi connectivity index (χ1) is 6.75. The van der Waals surface area contributed by atoms with Crippen LogP contribution in [0.25, 0.3) is 0 Å². The summed E-state index contributed by atoms with van der Waals surface area (Å²) in [5, 5.41) is 11.9. The van der Waals surface area contributed by atoms with Gasteiger partial charge in [-0.15, -0.1) is 0 Å². The minimum Gasteiger partial charge on any atom is -0.508 e. The van der Waals surface area contributed by atoms with Gasteiger partial charge in [-0.05, 0) is 30.5 Å². The van der Waals surface area contributed by atoms with Gasteiger partial charge in [-0.3, -0.25) is 4.79 Å². The lowest BCUT2D eigenvalue weighted by atomic mass is 9.98. The van der Waals surface area contributed by atoms with Gasteiger partial charge in [0.2, 0.25) is 5.91 Å². The zero-order chi connectivity index (χ0) is 9.97. The first-order valence-corrected chi connectivity index (χ1v) is 4.81. The topological polar surface area (TPSA) is 49.3 Å². The van der Waals surface area contributed by atoms with E-state index in [2.05, 4.69) is 5.32 Å². The first-order valence-electron chi connectivity index (χ1n) is 4.81. The molecule has 0 saturated carbocycles. The van der Waals surface area contributed by atoms with Crippen LogP contribution in [0.4, 0.5) is 0 Å². The van der Waals surface area contributed by atoms with Crippen LogP contribution in [-0.2, 0) is 11.2 Å². The Morgan fingerprint density at radius 1 is 1.36 bits per heavy atom. The molecular weight excluding hydrogens is 178 g/mol. The lowest BCUT2D eigenvalue weighted by Crippen LogP contribution is -2.20. The third-order valence-electron chi connectivity index (χ3n) is 2.58. The predicted octanol–water partition coefficient (Wildman–Crippen LogP) is 1.07. The van der Waals surface area contributed by atoms with E-state index in [1.165, 1.54) is 0 Å². The van der Waals surface area contributed by atoms with Gasteiger partial charge in [-0.2, -0.15) is 0 Å². The standard InChI is InChI=1S/C11H13NO2/c13-10-3-1-8(2-4-10)7-9-5-6-12-11(9)14/h1-4,9,13H,5-7H2,(H,12,14). The van der Waals surface area contributed by atoms with E-state index in [-0.39, 0.29) is 17.6 Å². The largest absolute Gasteiger partial charge is 0.508 e. The van der Waals surface area contributed by atoms with Gasteiger partial charge in [0.1, 0.15) is 5.75 Å². The zero-order valence-electron chi connectivity index (χ0n) is 7.86. The molecule has 14 heavy (non-hydrogen) atoms. The molecule has 1 aliphatic heterocycles. The number of benzene rings is 1. The Morgan fingerprint density at radius 2 is 2.07 bits per heavy atom. The number of aromatic hydroxyl groups is 1. The maximum Gasteiger partial charge on any atom is 0.223 e. The van der Waals surface area contributed by atoms with Crippen LogP contribution in [0, 0.1) is 5.92 Å². The van der Waals surface area contributed by atoms with Crippen molar-refractivity contribution in [3.8, 4) is 5.75 Å². The fourth-order valence-electron chi connectivity index (χ4n) is 1.76. The molecule has 1 aromatic carbocycles. The van der Waals surface area contributed by atoms with Crippen molar-refractivity contribution in [2.24, 2.45) is 5.92 Å². The summed E-state index contributed by atoms with van der Waals surface area (Å²) < 4.78 is 0. The van der Waals surface area contributed by atoms with Gasteiger partial charge in [0.05, 0.1) is 0 Å². The Bertz CT molecular complexity index is 332. The number of rotatable bonds is 2. The Labute approximate surface area is 82.8 Å². The molecule has 0 aliphatic carbocycles. The molecular formula is C11H13NO2. The number of nitrogens with one attached hydrogen (secondary N) is 1. The van der Waals surface area contributed by atoms with E-state index >= 15 is 0 Å². The molecule has 1 atom stereocenters. The SMILES string of the molecule is O=C1NCCC1Cc1ccc(O)cc1. The lowest BCUT2D eigenvalue weighted by Gasteiger charge is -2.06. The Kier molecular flexibility index (Phi) is 2.39. The van der Waals surface area contributed by atoms with E-state index in [9.17, 15) is 4.79 Å². The van der Waals surface area contributed by atoms with Gasteiger partial charge in [0, 0.05) is 12.5 Å². The van der Waals surface area contributed by atoms with Gasteiger partial charge < -0.3 is 10.4 Å². The molecule has 1 aromatic rings. The molecule has 3 nitrogen and oxygen atoms in total. The van der Waals surface area contributed by atoms with Crippen LogP contribution in [0.5, 0.6) is 5.75 Å². The van der Waals surface area contributed by atoms with E-state index in [1.54, 1.807) is 12.1 Å². The van der Waals surface area contributed by atoms with Crippen LogP contribution in [-0.4, -0.2) is 17.6 Å². The average Bonchev–Trinajstić information content (AvgIpc) is 2.56. The molecule has 0 bridgehead atoms. The fourth-order valence-corrected chi connectivity index (χ4v) is 1.76. The number of carbonyl (C=O) groups is 1. The van der Waals surface area contributed by atoms with Crippen molar-refractivity contribution in [1.29, 1.82) is 0 Å². The smallest absolute Gasteiger partial charge is 0.223 e. The van der Waals surface area contributed by atoms with E-state index in [4.69, 9.17) is 5.11 Å². The Hall–Kier alpha value is -1.51. The molecule has 1 saturated heterocycles. The second kappa shape index (κ2) is 3.70. The zero-order valence-corrected chi connectivity index (χ0v) is 7.86. The van der Waals surface area contributed by atoms with E-state index in [0.29, 0.717) is 0 Å². The van der Waals surface area contributed by atoms with Crippen LogP contribution < -0.4 is 5.32 Å². The van der Waals surface area contributed by atoms with Gasteiger partial charge in [0.15, 0.2) is 0 Å². The van der Waals surface area contributed by atoms with Crippen LogP contribution in [0.3, 0.4) is 0 Å². The Morgan fingerprint density at radius 3 is 2.64 bits per heavy atom. The van der Waals surface area contributed by atoms with Crippen molar-refractivity contribution in [1.82, 2.24) is 5.32 Å². The maximum absolute atomic E-state index is 11.3. The third kappa shape index (κ3) is 1.87. The average molecular weight is 191 g/mol. The van der Waals surface area contributed by atoms with Gasteiger partial charge >= 0.3 is 0 Å². The highest BCUT2D eigenvalue weighted by molar-refractivity contribution is 5.80. The molecule has 0 aromatic heterocycles. The molecule has 1 heterocycles. The molecule has 2 rings (SSSR count). The second-order valence-corrected chi connectivity index (χ2v) is 3.65. The molecule has 1 unspecified atom stereocenters. The van der Waals surface area contributed by atoms with E-state index in [1.807, 2.05) is 12.1 Å². The van der Waals surface area contributed by atoms with Crippen molar-refractivity contribution >= 4 is 5.91 Å². The lowest BCUT2D eigenvalue weighted by molar-refractivity contribution is -0.122. The summed E-state index contributed by atoms with van der Waals surface area (Å²) in [6.45, 7) is 0.793. The third-order valence-corrected chi connectivity index (χ3v) is 2.58. The highest BCUT2D eigenvalue weighted by Gasteiger charge is 2.23. The number of phenols is 1. The molecule has 0 spiro atoms. The van der Waals surface area contributed by atoms with Crippen molar-refractivity contribution in [3.05, 3.63) is 29.8 Å². The summed E-state index contributed by atoms with van der Waals surface area (Å²) in [5.74, 6) is 0.530. The summed E-state index contributed by atoms with van der Waals surface area (Å²) in [4.78, 5) is 11.3. The monoisotopic (exact) mass is 191 g/mol. The van der Waals surface area contributed by atoms with Crippen LogP contribution in [0.2, 0.25) is 0 Å². The quantitative estimate of drug-likeness (QED) is 0.734. The van der Waals surface area contributed by atoms with Crippen molar-refractivity contribution in [2.75, 3.05) is 6.54 Å². The fraction of sp³-hybridized carbons (Fsp3) is 0.364. The van der Waals surface area contributed by atoms with Crippen molar-refractivity contribution in [3.63, 3.8) is 0 Å². The molecule has 1 amide bonds. The summed E-state index contributed by atoms with van der Waals surface area (Å²) in [6.07, 6.45) is 1.69. The second-order valence-electron chi connectivity index (χ2n) is 3.65. The van der Waals surface area contributed by atoms with Gasteiger partial charge in [0.25, 0.3) is 0 Å². The number of phenolic OH excluding ortho intramolecular Hbond substituents is 1. The molecule has 1 aliphatic rings. The number of hydrogen-bond acceptors (Lipinski definition) is 2. The minimum atomic E-state index is 0.111. The van der Waals surface area contributed by atoms with Crippen molar-refractivity contribution < 1.29 is 9.90 Å². The summed E-state index contributed by atoms with van der Waals surface area (Å²) in [6, 6.07) is 7.03. The number of carbonyl (C=O) groups excluding carboxylic acids is 1. The van der Waals surface area contributed by atoms with E-state index in [0.717, 1.165) is 24.9 Å². The molecule has 2 N–H and O–H groups in total. The number of hydrogen-bond donors (Lipinski definition) is 2. The molecule has 0 radical (unpaired) electrons. The summed E-state index contributed by atoms with van der Waals surface area (Å²) in [7, 11) is 0. The van der Waals surface area contributed by atoms with Gasteiger partial charge in [-0.25, -0.2) is 0 Å². The highest BCUT2D eigenvalue weighted by Crippen LogP contribution is 2.18. The minimum absolute atomic E-state index is 0.111. The van der Waals surface area contributed by atoms with Crippen LogP contribution >= 0.6 is 0 Å². The molecule has 74 valence electrons. The van der Waals surface area contributed by atoms with E-state index < -0.39 is 0 Å². The first kappa shape index (κ1) is 9.06. The molecule has 1 fully saturated rings. The molecule has 3 heteroatoms. The van der Waals surface area contributed by atoms with Crippen LogP contribution in [0.15, 0.2) is 24.3 Å².